The van der Waals surface area contributed by atoms with Gasteiger partial charge in [0.25, 0.3) is 0 Å². The zero-order valence-corrected chi connectivity index (χ0v) is 18.1. The lowest BCUT2D eigenvalue weighted by atomic mass is 9.88. The summed E-state index contributed by atoms with van der Waals surface area (Å²) in [6.45, 7) is 9.51. The number of alkyl carbamates (subject to hydrolysis) is 1. The summed E-state index contributed by atoms with van der Waals surface area (Å²) in [5.74, 6) is -2.83. The highest BCUT2D eigenvalue weighted by Gasteiger charge is 2.34. The van der Waals surface area contributed by atoms with Crippen molar-refractivity contribution in [2.24, 2.45) is 11.8 Å². The molecule has 2 rings (SSSR count). The van der Waals surface area contributed by atoms with E-state index in [1.54, 1.807) is 25.7 Å². The van der Waals surface area contributed by atoms with Crippen molar-refractivity contribution in [1.29, 1.82) is 0 Å². The molecule has 1 aromatic rings. The zero-order valence-electron chi connectivity index (χ0n) is 18.1. The van der Waals surface area contributed by atoms with Crippen LogP contribution in [0.15, 0.2) is 18.2 Å². The van der Waals surface area contributed by atoms with E-state index < -0.39 is 35.3 Å². The molecule has 1 aliphatic rings. The Balaban J connectivity index is 1.99. The van der Waals surface area contributed by atoms with Crippen LogP contribution in [0.2, 0.25) is 0 Å². The fourth-order valence-corrected chi connectivity index (χ4v) is 3.42. The third kappa shape index (κ3) is 6.24. The molecule has 1 aromatic carbocycles. The van der Waals surface area contributed by atoms with E-state index in [-0.39, 0.29) is 23.2 Å². The number of rotatable bonds is 5. The van der Waals surface area contributed by atoms with Gasteiger partial charge in [-0.2, -0.15) is 0 Å². The van der Waals surface area contributed by atoms with Gasteiger partial charge in [-0.05, 0) is 51.7 Å². The van der Waals surface area contributed by atoms with Crippen LogP contribution in [0, 0.1) is 23.5 Å². The van der Waals surface area contributed by atoms with E-state index in [1.165, 1.54) is 0 Å². The standard InChI is InChI=1S/C22H30F2N2O4/c1-13(2)18(25-21(29)30-22(3,4)5)20(28)26-10-8-14(9-11-26)19(27)16-7-6-15(23)12-17(16)24/h6-7,12-14,18H,8-11H2,1-5H3,(H,25,29)/t18-/m0/s1. The minimum atomic E-state index is -0.875. The van der Waals surface area contributed by atoms with Gasteiger partial charge in [-0.3, -0.25) is 9.59 Å². The van der Waals surface area contributed by atoms with Crippen molar-refractivity contribution in [3.05, 3.63) is 35.4 Å². The zero-order chi connectivity index (χ0) is 22.6. The highest BCUT2D eigenvalue weighted by atomic mass is 19.1. The second-order valence-electron chi connectivity index (χ2n) is 8.96. The van der Waals surface area contributed by atoms with Crippen molar-refractivity contribution in [3.63, 3.8) is 0 Å². The maximum Gasteiger partial charge on any atom is 0.408 e. The lowest BCUT2D eigenvalue weighted by Crippen LogP contribution is -2.54. The topological polar surface area (TPSA) is 75.7 Å². The fourth-order valence-electron chi connectivity index (χ4n) is 3.42. The van der Waals surface area contributed by atoms with E-state index >= 15 is 0 Å². The molecule has 2 amide bonds. The van der Waals surface area contributed by atoms with E-state index in [9.17, 15) is 23.2 Å². The fraction of sp³-hybridized carbons (Fsp3) is 0.591. The second-order valence-corrected chi connectivity index (χ2v) is 8.96. The molecule has 1 heterocycles. The molecule has 0 saturated carbocycles. The molecule has 1 aliphatic heterocycles. The SMILES string of the molecule is CC(C)[C@H](NC(=O)OC(C)(C)C)C(=O)N1CCC(C(=O)c2ccc(F)cc2F)CC1. The molecule has 0 radical (unpaired) electrons. The minimum absolute atomic E-state index is 0.132. The van der Waals surface area contributed by atoms with Gasteiger partial charge < -0.3 is 15.0 Å². The third-order valence-corrected chi connectivity index (χ3v) is 4.98. The van der Waals surface area contributed by atoms with Crippen molar-refractivity contribution in [2.45, 2.75) is 59.1 Å². The molecule has 30 heavy (non-hydrogen) atoms. The Labute approximate surface area is 176 Å². The number of benzene rings is 1. The average Bonchev–Trinajstić information content (AvgIpc) is 2.63. The Morgan fingerprint density at radius 1 is 1.13 bits per heavy atom. The van der Waals surface area contributed by atoms with Crippen LogP contribution in [0.1, 0.15) is 57.8 Å². The molecule has 6 nitrogen and oxygen atoms in total. The first-order chi connectivity index (χ1) is 13.9. The quantitative estimate of drug-likeness (QED) is 0.727. The Morgan fingerprint density at radius 2 is 1.73 bits per heavy atom. The minimum Gasteiger partial charge on any atom is -0.444 e. The Bertz CT molecular complexity index is 797. The third-order valence-electron chi connectivity index (χ3n) is 4.98. The summed E-state index contributed by atoms with van der Waals surface area (Å²) in [4.78, 5) is 39.2. The molecule has 166 valence electrons. The van der Waals surface area contributed by atoms with E-state index in [0.29, 0.717) is 32.0 Å². The van der Waals surface area contributed by atoms with Gasteiger partial charge in [-0.25, -0.2) is 13.6 Å². The number of piperidine rings is 1. The van der Waals surface area contributed by atoms with E-state index in [1.807, 2.05) is 13.8 Å². The molecule has 8 heteroatoms. The summed E-state index contributed by atoms with van der Waals surface area (Å²) in [7, 11) is 0. The second kappa shape index (κ2) is 9.53. The van der Waals surface area contributed by atoms with E-state index in [4.69, 9.17) is 4.74 Å². The number of hydrogen-bond acceptors (Lipinski definition) is 4. The Hall–Kier alpha value is -2.51. The Morgan fingerprint density at radius 3 is 2.23 bits per heavy atom. The largest absolute Gasteiger partial charge is 0.444 e. The number of nitrogens with one attached hydrogen (secondary N) is 1. The molecular weight excluding hydrogens is 394 g/mol. The summed E-state index contributed by atoms with van der Waals surface area (Å²) in [5.41, 5.74) is -0.809. The first kappa shape index (κ1) is 23.8. The molecule has 1 N–H and O–H groups in total. The summed E-state index contributed by atoms with van der Waals surface area (Å²) >= 11 is 0. The van der Waals surface area contributed by atoms with Crippen LogP contribution in [0.4, 0.5) is 13.6 Å². The van der Waals surface area contributed by atoms with Gasteiger partial charge in [-0.1, -0.05) is 13.8 Å². The lowest BCUT2D eigenvalue weighted by molar-refractivity contribution is -0.135. The van der Waals surface area contributed by atoms with Crippen LogP contribution in [-0.2, 0) is 9.53 Å². The lowest BCUT2D eigenvalue weighted by Gasteiger charge is -2.35. The van der Waals surface area contributed by atoms with Gasteiger partial charge >= 0.3 is 6.09 Å². The summed E-state index contributed by atoms with van der Waals surface area (Å²) in [6, 6.07) is 2.16. The normalized spacial score (nSPS) is 16.3. The first-order valence-corrected chi connectivity index (χ1v) is 10.2. The van der Waals surface area contributed by atoms with Crippen LogP contribution >= 0.6 is 0 Å². The smallest absolute Gasteiger partial charge is 0.408 e. The maximum absolute atomic E-state index is 13.9. The predicted molar refractivity (Wildman–Crippen MR) is 108 cm³/mol. The molecule has 0 bridgehead atoms. The van der Waals surface area contributed by atoms with Crippen molar-refractivity contribution in [2.75, 3.05) is 13.1 Å². The van der Waals surface area contributed by atoms with Crippen LogP contribution in [0.25, 0.3) is 0 Å². The first-order valence-electron chi connectivity index (χ1n) is 10.2. The molecule has 1 saturated heterocycles. The van der Waals surface area contributed by atoms with Crippen LogP contribution < -0.4 is 5.32 Å². The molecule has 1 atom stereocenters. The highest BCUT2D eigenvalue weighted by Crippen LogP contribution is 2.24. The van der Waals surface area contributed by atoms with Gasteiger partial charge in [-0.15, -0.1) is 0 Å². The number of carbonyl (C=O) groups is 3. The molecule has 0 aromatic heterocycles. The van der Waals surface area contributed by atoms with Gasteiger partial charge in [0.1, 0.15) is 23.3 Å². The van der Waals surface area contributed by atoms with Crippen molar-refractivity contribution < 1.29 is 27.9 Å². The van der Waals surface area contributed by atoms with Crippen LogP contribution in [-0.4, -0.2) is 47.4 Å². The van der Waals surface area contributed by atoms with Crippen molar-refractivity contribution in [1.82, 2.24) is 10.2 Å². The number of Topliss-reactive ketones (excluding diaryl/α,β-unsaturated/α-hetero) is 1. The van der Waals surface area contributed by atoms with Crippen LogP contribution in [0.3, 0.4) is 0 Å². The summed E-state index contributed by atoms with van der Waals surface area (Å²) in [5, 5.41) is 2.64. The average molecular weight is 424 g/mol. The summed E-state index contributed by atoms with van der Waals surface area (Å²) < 4.78 is 32.2. The number of halogens is 2. The van der Waals surface area contributed by atoms with Gasteiger partial charge in [0.15, 0.2) is 5.78 Å². The molecule has 0 aliphatic carbocycles. The number of nitrogens with zero attached hydrogens (tertiary/aromatic N) is 1. The van der Waals surface area contributed by atoms with Crippen molar-refractivity contribution >= 4 is 17.8 Å². The Kier molecular flexibility index (Phi) is 7.55. The maximum atomic E-state index is 13.9. The van der Waals surface area contributed by atoms with Gasteiger partial charge in [0.2, 0.25) is 5.91 Å². The van der Waals surface area contributed by atoms with Gasteiger partial charge in [0.05, 0.1) is 5.56 Å². The molecule has 0 spiro atoms. The number of ether oxygens (including phenoxy) is 1. The molecular formula is C22H30F2N2O4. The number of amides is 2. The molecule has 0 unspecified atom stereocenters. The number of carbonyl (C=O) groups excluding carboxylic acids is 3. The number of hydrogen-bond donors (Lipinski definition) is 1. The highest BCUT2D eigenvalue weighted by molar-refractivity contribution is 5.98. The van der Waals surface area contributed by atoms with Gasteiger partial charge in [0, 0.05) is 25.1 Å². The van der Waals surface area contributed by atoms with E-state index in [2.05, 4.69) is 5.32 Å². The summed E-state index contributed by atoms with van der Waals surface area (Å²) in [6.07, 6.45) is 0.0866. The monoisotopic (exact) mass is 424 g/mol. The predicted octanol–water partition coefficient (Wildman–Crippen LogP) is 3.94. The van der Waals surface area contributed by atoms with E-state index in [0.717, 1.165) is 12.1 Å². The number of ketones is 1. The van der Waals surface area contributed by atoms with Crippen molar-refractivity contribution in [3.8, 4) is 0 Å². The molecule has 1 fully saturated rings. The van der Waals surface area contributed by atoms with Crippen LogP contribution in [0.5, 0.6) is 0 Å². The number of likely N-dealkylation sites (tertiary alicyclic amines) is 1.